The van der Waals surface area contributed by atoms with Crippen molar-refractivity contribution >= 4 is 54.6 Å². The van der Waals surface area contributed by atoms with Gasteiger partial charge in [-0.15, -0.1) is 0 Å². The maximum absolute atomic E-state index is 5.40. The molecule has 0 radical (unpaired) electrons. The van der Waals surface area contributed by atoms with Crippen LogP contribution in [0.15, 0.2) is 176 Å². The van der Waals surface area contributed by atoms with E-state index in [4.69, 9.17) is 4.98 Å². The van der Waals surface area contributed by atoms with Gasteiger partial charge in [0.15, 0.2) is 0 Å². The summed E-state index contributed by atoms with van der Waals surface area (Å²) >= 11 is 0. The van der Waals surface area contributed by atoms with Crippen LogP contribution in [0.3, 0.4) is 0 Å². The van der Waals surface area contributed by atoms with Crippen LogP contribution in [0.5, 0.6) is 0 Å². The lowest BCUT2D eigenvalue weighted by atomic mass is 9.93. The third-order valence-electron chi connectivity index (χ3n) is 10.0. The summed E-state index contributed by atoms with van der Waals surface area (Å²) in [6.07, 6.45) is 2.24. The van der Waals surface area contributed by atoms with Crippen LogP contribution < -0.4 is 0 Å². The van der Waals surface area contributed by atoms with E-state index in [0.717, 1.165) is 55.9 Å². The lowest BCUT2D eigenvalue weighted by molar-refractivity contribution is 1.14. The minimum absolute atomic E-state index is 0.920. The van der Waals surface area contributed by atoms with Gasteiger partial charge in [-0.05, 0) is 120 Å². The van der Waals surface area contributed by atoms with Gasteiger partial charge >= 0.3 is 0 Å². The molecular weight excluding hydrogens is 593 g/mol. The monoisotopic (exact) mass is 622 g/mol. The van der Waals surface area contributed by atoms with Crippen molar-refractivity contribution in [3.63, 3.8) is 0 Å². The number of hydrogen-bond donors (Lipinski definition) is 0. The zero-order valence-electron chi connectivity index (χ0n) is 26.8. The lowest BCUT2D eigenvalue weighted by Gasteiger charge is -2.14. The zero-order chi connectivity index (χ0) is 32.5. The number of rotatable bonds is 3. The van der Waals surface area contributed by atoms with E-state index in [1.165, 1.54) is 43.4 Å². The Morgan fingerprint density at radius 2 is 0.878 bits per heavy atom. The molecule has 0 spiro atoms. The van der Waals surface area contributed by atoms with Gasteiger partial charge in [-0.25, -0.2) is 4.98 Å². The largest absolute Gasteiger partial charge is 0.292 e. The number of fused-ring (bicyclic) bond motifs is 8. The van der Waals surface area contributed by atoms with Crippen molar-refractivity contribution in [2.75, 3.05) is 0 Å². The van der Waals surface area contributed by atoms with E-state index in [1.54, 1.807) is 0 Å². The van der Waals surface area contributed by atoms with Crippen molar-refractivity contribution in [2.24, 2.45) is 0 Å². The normalized spacial score (nSPS) is 12.7. The highest BCUT2D eigenvalue weighted by atomic mass is 15.1. The molecule has 0 unspecified atom stereocenters. The molecule has 0 saturated heterocycles. The second-order valence-corrected chi connectivity index (χ2v) is 13.0. The summed E-state index contributed by atoms with van der Waals surface area (Å²) in [7, 11) is 0. The molecule has 2 nitrogen and oxygen atoms in total. The second-order valence-electron chi connectivity index (χ2n) is 13.0. The Hall–Kier alpha value is -6.51. The van der Waals surface area contributed by atoms with Gasteiger partial charge in [0.25, 0.3) is 0 Å². The van der Waals surface area contributed by atoms with Gasteiger partial charge in [-0.2, -0.15) is 0 Å². The molecule has 49 heavy (non-hydrogen) atoms. The summed E-state index contributed by atoms with van der Waals surface area (Å²) in [4.78, 5) is 5.40. The fraction of sp³-hybridized carbons (Fsp3) is 0. The SMILES string of the molecule is C=C1C=C(c2ccc3ccccc3c2)n2c(nc3cc(-c4ccc5ccccc5c4)ccc32)-c2ccc(-c3ccc4ccccc4c3)cc21. The first-order chi connectivity index (χ1) is 24.2. The van der Waals surface area contributed by atoms with E-state index in [9.17, 15) is 0 Å². The highest BCUT2D eigenvalue weighted by Gasteiger charge is 2.24. The zero-order valence-corrected chi connectivity index (χ0v) is 26.8. The molecule has 1 aliphatic rings. The van der Waals surface area contributed by atoms with E-state index in [1.807, 2.05) is 0 Å². The Bertz CT molecular complexity index is 2850. The van der Waals surface area contributed by atoms with Crippen molar-refractivity contribution in [1.29, 1.82) is 0 Å². The average molecular weight is 623 g/mol. The number of allylic oxidation sites excluding steroid dienone is 2. The quantitative estimate of drug-likeness (QED) is 0.192. The Balaban J connectivity index is 1.18. The molecule has 0 bridgehead atoms. The minimum atomic E-state index is 0.920. The molecule has 9 aromatic rings. The summed E-state index contributed by atoms with van der Waals surface area (Å²) in [6.45, 7) is 4.64. The fourth-order valence-corrected chi connectivity index (χ4v) is 7.48. The van der Waals surface area contributed by atoms with Crippen molar-refractivity contribution in [2.45, 2.75) is 0 Å². The molecule has 0 aliphatic carbocycles. The topological polar surface area (TPSA) is 17.8 Å². The van der Waals surface area contributed by atoms with Gasteiger partial charge in [0.05, 0.1) is 16.7 Å². The van der Waals surface area contributed by atoms with Crippen LogP contribution in [-0.4, -0.2) is 9.55 Å². The smallest absolute Gasteiger partial charge is 0.146 e. The maximum Gasteiger partial charge on any atom is 0.146 e. The van der Waals surface area contributed by atoms with Gasteiger partial charge in [0.2, 0.25) is 0 Å². The molecule has 1 aromatic heterocycles. The summed E-state index contributed by atoms with van der Waals surface area (Å²) in [5.41, 5.74) is 12.0. The minimum Gasteiger partial charge on any atom is -0.292 e. The number of benzene rings is 8. The van der Waals surface area contributed by atoms with E-state index < -0.39 is 0 Å². The van der Waals surface area contributed by atoms with Crippen LogP contribution in [0.4, 0.5) is 0 Å². The van der Waals surface area contributed by atoms with Gasteiger partial charge in [-0.3, -0.25) is 4.57 Å². The van der Waals surface area contributed by atoms with E-state index in [-0.39, 0.29) is 0 Å². The lowest BCUT2D eigenvalue weighted by Crippen LogP contribution is -2.01. The molecule has 2 heteroatoms. The third-order valence-corrected chi connectivity index (χ3v) is 10.0. The summed E-state index contributed by atoms with van der Waals surface area (Å²) in [6, 6.07) is 59.1. The first-order valence-corrected chi connectivity index (χ1v) is 16.7. The highest BCUT2D eigenvalue weighted by Crippen LogP contribution is 2.42. The average Bonchev–Trinajstić information content (AvgIpc) is 3.49. The summed E-state index contributed by atoms with van der Waals surface area (Å²) in [5.74, 6) is 0.920. The molecule has 0 fully saturated rings. The molecule has 1 aliphatic heterocycles. The van der Waals surface area contributed by atoms with Crippen LogP contribution in [0.2, 0.25) is 0 Å². The summed E-state index contributed by atoms with van der Waals surface area (Å²) < 4.78 is 2.33. The second kappa shape index (κ2) is 10.8. The number of nitrogens with zero attached hydrogens (tertiary/aromatic N) is 2. The number of aromatic nitrogens is 2. The maximum atomic E-state index is 5.40. The van der Waals surface area contributed by atoms with Crippen molar-refractivity contribution in [3.05, 3.63) is 188 Å². The van der Waals surface area contributed by atoms with Crippen LogP contribution >= 0.6 is 0 Å². The Morgan fingerprint density at radius 3 is 1.49 bits per heavy atom. The van der Waals surface area contributed by atoms with Crippen LogP contribution in [0.1, 0.15) is 11.1 Å². The van der Waals surface area contributed by atoms with Crippen LogP contribution in [-0.2, 0) is 0 Å². The van der Waals surface area contributed by atoms with Crippen LogP contribution in [0, 0.1) is 0 Å². The van der Waals surface area contributed by atoms with Crippen molar-refractivity contribution < 1.29 is 0 Å². The van der Waals surface area contributed by atoms with E-state index in [2.05, 4.69) is 181 Å². The Labute approximate surface area is 284 Å². The van der Waals surface area contributed by atoms with Crippen molar-refractivity contribution in [3.8, 4) is 33.6 Å². The van der Waals surface area contributed by atoms with Gasteiger partial charge in [0.1, 0.15) is 5.82 Å². The highest BCUT2D eigenvalue weighted by molar-refractivity contribution is 6.01. The predicted octanol–water partition coefficient (Wildman–Crippen LogP) is 12.4. The van der Waals surface area contributed by atoms with Gasteiger partial charge < -0.3 is 0 Å². The molecule has 0 amide bonds. The number of imidazole rings is 1. The molecule has 228 valence electrons. The molecule has 0 atom stereocenters. The first-order valence-electron chi connectivity index (χ1n) is 16.7. The molecule has 2 heterocycles. The van der Waals surface area contributed by atoms with Gasteiger partial charge in [0, 0.05) is 5.56 Å². The van der Waals surface area contributed by atoms with Gasteiger partial charge in [-0.1, -0.05) is 128 Å². The number of hydrogen-bond acceptors (Lipinski definition) is 1. The molecule has 10 rings (SSSR count). The van der Waals surface area contributed by atoms with Crippen molar-refractivity contribution in [1.82, 2.24) is 9.55 Å². The molecule has 0 saturated carbocycles. The fourth-order valence-electron chi connectivity index (χ4n) is 7.48. The predicted molar refractivity (Wildman–Crippen MR) is 207 cm³/mol. The van der Waals surface area contributed by atoms with E-state index in [0.29, 0.717) is 0 Å². The molecule has 0 N–H and O–H groups in total. The third kappa shape index (κ3) is 4.53. The summed E-state index contributed by atoms with van der Waals surface area (Å²) in [5, 5.41) is 7.37. The molecular formula is C47H30N2. The standard InChI is InChI=1S/C47H30N2/c1-30-24-46(41-19-16-33-10-4-7-13-36(33)27-41)49-45-23-21-40(38-18-15-32-9-3-6-12-35(32)26-38)29-44(45)48-47(49)42-22-20-39(28-43(30)42)37-17-14-31-8-2-5-11-34(31)25-37/h2-29H,1H2. The Kier molecular flexibility index (Phi) is 6.06. The van der Waals surface area contributed by atoms with E-state index >= 15 is 0 Å². The Morgan fingerprint density at radius 1 is 0.408 bits per heavy atom. The molecule has 8 aromatic carbocycles. The first kappa shape index (κ1) is 27.6. The van der Waals surface area contributed by atoms with Crippen LogP contribution in [0.25, 0.3) is 88.3 Å².